The first kappa shape index (κ1) is 20.2. The van der Waals surface area contributed by atoms with Crippen molar-refractivity contribution < 1.29 is 32.2 Å². The Hall–Kier alpha value is -0.790. The number of rotatable bonds is 8. The van der Waals surface area contributed by atoms with Crippen molar-refractivity contribution in [3.05, 3.63) is 0 Å². The summed E-state index contributed by atoms with van der Waals surface area (Å²) >= 11 is 2.63. The van der Waals surface area contributed by atoms with Crippen molar-refractivity contribution >= 4 is 27.9 Å². The molecule has 0 aromatic rings. The summed E-state index contributed by atoms with van der Waals surface area (Å²) in [6, 6.07) is 0. The summed E-state index contributed by atoms with van der Waals surface area (Å²) in [5.74, 6) is -2.15. The molecule has 0 N–H and O–H groups in total. The van der Waals surface area contributed by atoms with E-state index < -0.39 is 35.0 Å². The van der Waals surface area contributed by atoms with E-state index in [0.29, 0.717) is 6.42 Å². The van der Waals surface area contributed by atoms with Crippen molar-refractivity contribution in [2.24, 2.45) is 5.41 Å². The van der Waals surface area contributed by atoms with Gasteiger partial charge in [-0.3, -0.25) is 9.59 Å². The van der Waals surface area contributed by atoms with Crippen LogP contribution in [0.2, 0.25) is 0 Å². The zero-order chi connectivity index (χ0) is 16.7. The van der Waals surface area contributed by atoms with Gasteiger partial charge in [-0.2, -0.15) is 13.2 Å². The van der Waals surface area contributed by atoms with Gasteiger partial charge in [0.05, 0.1) is 6.61 Å². The predicted octanol–water partition coefficient (Wildman–Crippen LogP) is 3.62. The molecule has 0 aromatic heterocycles. The van der Waals surface area contributed by atoms with Crippen molar-refractivity contribution in [1.29, 1.82) is 0 Å². The van der Waals surface area contributed by atoms with E-state index in [-0.39, 0.29) is 6.61 Å². The minimum absolute atomic E-state index is 0.129. The summed E-state index contributed by atoms with van der Waals surface area (Å²) in [6.45, 7) is 4.46. The molecule has 0 aromatic carbocycles. The minimum Gasteiger partial charge on any atom is -0.465 e. The number of hydrogen-bond acceptors (Lipinski definition) is 4. The second kappa shape index (κ2) is 8.60. The van der Waals surface area contributed by atoms with E-state index >= 15 is 0 Å². The third kappa shape index (κ3) is 6.67. The highest BCUT2D eigenvalue weighted by Gasteiger charge is 2.47. The van der Waals surface area contributed by atoms with Crippen LogP contribution in [0, 0.1) is 5.41 Å². The Morgan fingerprint density at radius 1 is 1.14 bits per heavy atom. The Kier molecular flexibility index (Phi) is 8.28. The van der Waals surface area contributed by atoms with E-state index in [2.05, 4.69) is 20.7 Å². The monoisotopic (exact) mass is 376 g/mol. The van der Waals surface area contributed by atoms with Gasteiger partial charge >= 0.3 is 18.1 Å². The second-order valence-electron chi connectivity index (χ2n) is 5.06. The highest BCUT2D eigenvalue weighted by Crippen LogP contribution is 2.28. The molecule has 8 heteroatoms. The predicted molar refractivity (Wildman–Crippen MR) is 74.0 cm³/mol. The van der Waals surface area contributed by atoms with Crippen LogP contribution in [-0.4, -0.2) is 36.2 Å². The summed E-state index contributed by atoms with van der Waals surface area (Å²) < 4.78 is 46.9. The van der Waals surface area contributed by atoms with Crippen molar-refractivity contribution in [1.82, 2.24) is 0 Å². The van der Waals surface area contributed by atoms with E-state index in [1.54, 1.807) is 0 Å². The van der Waals surface area contributed by atoms with Gasteiger partial charge in [-0.25, -0.2) is 0 Å². The first-order chi connectivity index (χ1) is 9.57. The molecule has 0 saturated heterocycles. The molecule has 0 aliphatic carbocycles. The lowest BCUT2D eigenvalue weighted by molar-refractivity contribution is -0.220. The van der Waals surface area contributed by atoms with Crippen LogP contribution < -0.4 is 0 Å². The molecule has 0 radical (unpaired) electrons. The van der Waals surface area contributed by atoms with Crippen LogP contribution in [-0.2, 0) is 19.1 Å². The minimum atomic E-state index is -4.69. The molecule has 0 rings (SSSR count). The average Bonchev–Trinajstić information content (AvgIpc) is 2.38. The molecule has 21 heavy (non-hydrogen) atoms. The van der Waals surface area contributed by atoms with E-state index in [0.717, 1.165) is 12.8 Å². The van der Waals surface area contributed by atoms with Crippen LogP contribution in [0.25, 0.3) is 0 Å². The van der Waals surface area contributed by atoms with Crippen LogP contribution in [0.5, 0.6) is 0 Å². The standard InChI is InChI=1S/C13H20BrF3O4/c1-4-5-6-7-20-10(18)12(2,3)11(19)21-9(8-14)13(15,16)17/h9H,4-8H2,1-3H3. The van der Waals surface area contributed by atoms with Crippen LogP contribution >= 0.6 is 15.9 Å². The molecule has 0 bridgehead atoms. The van der Waals surface area contributed by atoms with Gasteiger partial charge in [0.1, 0.15) is 0 Å². The van der Waals surface area contributed by atoms with Gasteiger partial charge < -0.3 is 9.47 Å². The average molecular weight is 377 g/mol. The maximum atomic E-state index is 12.5. The van der Waals surface area contributed by atoms with Crippen molar-refractivity contribution in [3.8, 4) is 0 Å². The Labute approximate surface area is 130 Å². The summed E-state index contributed by atoms with van der Waals surface area (Å²) in [6.07, 6.45) is -4.56. The lowest BCUT2D eigenvalue weighted by atomic mass is 9.94. The molecule has 0 amide bonds. The molecule has 0 aliphatic heterocycles. The first-order valence-electron chi connectivity index (χ1n) is 6.58. The van der Waals surface area contributed by atoms with Gasteiger partial charge in [-0.05, 0) is 20.3 Å². The largest absolute Gasteiger partial charge is 0.465 e. The Morgan fingerprint density at radius 3 is 2.14 bits per heavy atom. The maximum absolute atomic E-state index is 12.5. The van der Waals surface area contributed by atoms with Gasteiger partial charge in [0.2, 0.25) is 6.10 Å². The fourth-order valence-electron chi connectivity index (χ4n) is 1.24. The molecule has 1 atom stereocenters. The molecular formula is C13H20BrF3O4. The molecule has 1 unspecified atom stereocenters. The van der Waals surface area contributed by atoms with Gasteiger partial charge in [0.25, 0.3) is 0 Å². The number of carbonyl (C=O) groups excluding carboxylic acids is 2. The van der Waals surface area contributed by atoms with Crippen molar-refractivity contribution in [2.75, 3.05) is 11.9 Å². The summed E-state index contributed by atoms with van der Waals surface area (Å²) in [4.78, 5) is 23.5. The van der Waals surface area contributed by atoms with Gasteiger partial charge in [0, 0.05) is 5.33 Å². The van der Waals surface area contributed by atoms with Crippen LogP contribution in [0.4, 0.5) is 13.2 Å². The SMILES string of the molecule is CCCCCOC(=O)C(C)(C)C(=O)OC(CBr)C(F)(F)F. The number of halogens is 4. The highest BCUT2D eigenvalue weighted by molar-refractivity contribution is 9.09. The number of esters is 2. The Morgan fingerprint density at radius 2 is 1.71 bits per heavy atom. The van der Waals surface area contributed by atoms with Gasteiger partial charge in [-0.15, -0.1) is 0 Å². The summed E-state index contributed by atoms with van der Waals surface area (Å²) in [5.41, 5.74) is -1.78. The molecular weight excluding hydrogens is 357 g/mol. The van der Waals surface area contributed by atoms with Crippen LogP contribution in [0.1, 0.15) is 40.0 Å². The van der Waals surface area contributed by atoms with Crippen LogP contribution in [0.15, 0.2) is 0 Å². The molecule has 124 valence electrons. The number of carbonyl (C=O) groups is 2. The van der Waals surface area contributed by atoms with E-state index in [1.807, 2.05) is 6.92 Å². The van der Waals surface area contributed by atoms with E-state index in [4.69, 9.17) is 4.74 Å². The smallest absolute Gasteiger partial charge is 0.426 e. The molecule has 0 aliphatic rings. The molecule has 4 nitrogen and oxygen atoms in total. The Bertz CT molecular complexity index is 356. The third-order valence-corrected chi connectivity index (χ3v) is 3.34. The number of unbranched alkanes of at least 4 members (excludes halogenated alkanes) is 2. The normalized spacial score (nSPS) is 13.7. The number of hydrogen-bond donors (Lipinski definition) is 0. The third-order valence-electron chi connectivity index (χ3n) is 2.76. The highest BCUT2D eigenvalue weighted by atomic mass is 79.9. The fourth-order valence-corrected chi connectivity index (χ4v) is 1.74. The van der Waals surface area contributed by atoms with Gasteiger partial charge in [0.15, 0.2) is 5.41 Å². The zero-order valence-corrected chi connectivity index (χ0v) is 13.8. The van der Waals surface area contributed by atoms with E-state index in [9.17, 15) is 22.8 Å². The lowest BCUT2D eigenvalue weighted by Crippen LogP contribution is -2.43. The molecule has 0 fully saturated rings. The molecule has 0 saturated carbocycles. The molecule has 0 heterocycles. The lowest BCUT2D eigenvalue weighted by Gasteiger charge is -2.25. The first-order valence-corrected chi connectivity index (χ1v) is 7.70. The number of ether oxygens (including phenoxy) is 2. The Balaban J connectivity index is 4.60. The molecule has 0 spiro atoms. The van der Waals surface area contributed by atoms with Crippen molar-refractivity contribution in [2.45, 2.75) is 52.3 Å². The maximum Gasteiger partial charge on any atom is 0.426 e. The zero-order valence-electron chi connectivity index (χ0n) is 12.3. The number of alkyl halides is 4. The summed E-state index contributed by atoms with van der Waals surface area (Å²) in [5, 5.41) is -0.593. The quantitative estimate of drug-likeness (QED) is 0.281. The van der Waals surface area contributed by atoms with Crippen molar-refractivity contribution in [3.63, 3.8) is 0 Å². The van der Waals surface area contributed by atoms with Gasteiger partial charge in [-0.1, -0.05) is 35.7 Å². The summed E-state index contributed by atoms with van der Waals surface area (Å²) in [7, 11) is 0. The van der Waals surface area contributed by atoms with Crippen LogP contribution in [0.3, 0.4) is 0 Å². The van der Waals surface area contributed by atoms with E-state index in [1.165, 1.54) is 13.8 Å². The fraction of sp³-hybridized carbons (Fsp3) is 0.846. The second-order valence-corrected chi connectivity index (χ2v) is 5.71. The topological polar surface area (TPSA) is 52.6 Å².